The number of ketones is 1. The molecule has 1 saturated carbocycles. The van der Waals surface area contributed by atoms with Crippen LogP contribution in [0.2, 0.25) is 0 Å². The van der Waals surface area contributed by atoms with E-state index in [0.717, 1.165) is 24.2 Å². The van der Waals surface area contributed by atoms with Gasteiger partial charge in [-0.05, 0) is 32.8 Å². The van der Waals surface area contributed by atoms with E-state index in [1.165, 1.54) is 0 Å². The molecule has 0 N–H and O–H groups in total. The normalized spacial score (nSPS) is 19.2. The molecular formula is C10H12O2. The minimum absolute atomic E-state index is 0.170. The largest absolute Gasteiger partial charge is 0.469 e. The lowest BCUT2D eigenvalue weighted by Gasteiger charge is -2.08. The number of furan rings is 1. The Kier molecular flexibility index (Phi) is 1.40. The van der Waals surface area contributed by atoms with Crippen molar-refractivity contribution >= 4 is 5.78 Å². The summed E-state index contributed by atoms with van der Waals surface area (Å²) in [5, 5.41) is 0. The van der Waals surface area contributed by atoms with Crippen LogP contribution in [0.3, 0.4) is 0 Å². The van der Waals surface area contributed by atoms with Crippen molar-refractivity contribution in [3.63, 3.8) is 0 Å². The zero-order valence-corrected chi connectivity index (χ0v) is 7.39. The summed E-state index contributed by atoms with van der Waals surface area (Å²) in [4.78, 5) is 11.3. The van der Waals surface area contributed by atoms with E-state index in [9.17, 15) is 4.79 Å². The summed E-state index contributed by atoms with van der Waals surface area (Å²) in [5.74, 6) is 1.16. The van der Waals surface area contributed by atoms with E-state index in [4.69, 9.17) is 4.42 Å². The highest BCUT2D eigenvalue weighted by Gasteiger charge is 2.50. The Morgan fingerprint density at radius 1 is 1.58 bits per heavy atom. The van der Waals surface area contributed by atoms with Gasteiger partial charge in [0.05, 0.1) is 11.7 Å². The van der Waals surface area contributed by atoms with Crippen LogP contribution in [0.5, 0.6) is 0 Å². The molecule has 1 heterocycles. The Hall–Kier alpha value is -1.05. The van der Waals surface area contributed by atoms with Crippen LogP contribution in [-0.2, 0) is 10.2 Å². The van der Waals surface area contributed by atoms with E-state index < -0.39 is 0 Å². The van der Waals surface area contributed by atoms with Crippen LogP contribution in [-0.4, -0.2) is 5.78 Å². The van der Waals surface area contributed by atoms with Gasteiger partial charge in [0, 0.05) is 5.56 Å². The summed E-state index contributed by atoms with van der Waals surface area (Å²) in [6.45, 7) is 3.58. The maximum atomic E-state index is 11.3. The third-order valence-corrected chi connectivity index (χ3v) is 2.80. The number of rotatable bonds is 2. The number of hydrogen-bond acceptors (Lipinski definition) is 2. The fraction of sp³-hybridized carbons (Fsp3) is 0.500. The van der Waals surface area contributed by atoms with Crippen LogP contribution < -0.4 is 0 Å². The van der Waals surface area contributed by atoms with Gasteiger partial charge in [0.2, 0.25) is 0 Å². The smallest absolute Gasteiger partial charge is 0.140 e. The second-order valence-electron chi connectivity index (χ2n) is 3.53. The highest BCUT2D eigenvalue weighted by molar-refractivity contribution is 5.91. The van der Waals surface area contributed by atoms with Crippen LogP contribution in [0.1, 0.15) is 31.1 Å². The molecule has 0 spiro atoms. The molecule has 1 aromatic heterocycles. The Labute approximate surface area is 71.6 Å². The molecule has 1 aliphatic rings. The first-order valence-corrected chi connectivity index (χ1v) is 4.22. The van der Waals surface area contributed by atoms with Gasteiger partial charge >= 0.3 is 0 Å². The van der Waals surface area contributed by atoms with Gasteiger partial charge in [-0.2, -0.15) is 0 Å². The highest BCUT2D eigenvalue weighted by Crippen LogP contribution is 2.50. The van der Waals surface area contributed by atoms with Gasteiger partial charge in [-0.25, -0.2) is 0 Å². The highest BCUT2D eigenvalue weighted by atomic mass is 16.3. The number of carbonyl (C=O) groups excluding carboxylic acids is 1. The second-order valence-corrected chi connectivity index (χ2v) is 3.53. The van der Waals surface area contributed by atoms with Gasteiger partial charge < -0.3 is 4.42 Å². The van der Waals surface area contributed by atoms with E-state index in [-0.39, 0.29) is 11.2 Å². The summed E-state index contributed by atoms with van der Waals surface area (Å²) in [7, 11) is 0. The van der Waals surface area contributed by atoms with Crippen LogP contribution in [0.15, 0.2) is 16.7 Å². The van der Waals surface area contributed by atoms with E-state index in [2.05, 4.69) is 0 Å². The van der Waals surface area contributed by atoms with Gasteiger partial charge in [-0.15, -0.1) is 0 Å². The van der Waals surface area contributed by atoms with Crippen molar-refractivity contribution in [1.29, 1.82) is 0 Å². The molecule has 64 valence electrons. The lowest BCUT2D eigenvalue weighted by molar-refractivity contribution is -0.119. The molecule has 0 bridgehead atoms. The van der Waals surface area contributed by atoms with Crippen molar-refractivity contribution in [3.8, 4) is 0 Å². The fourth-order valence-corrected chi connectivity index (χ4v) is 1.82. The predicted octanol–water partition coefficient (Wildman–Crippen LogP) is 2.21. The SMILES string of the molecule is CC(=O)C1(c2ccoc2C)CC1. The molecule has 12 heavy (non-hydrogen) atoms. The monoisotopic (exact) mass is 164 g/mol. The van der Waals surface area contributed by atoms with Gasteiger partial charge in [0.1, 0.15) is 11.5 Å². The summed E-state index contributed by atoms with van der Waals surface area (Å²) in [6, 6.07) is 1.92. The molecular weight excluding hydrogens is 152 g/mol. The first-order valence-electron chi connectivity index (χ1n) is 4.22. The zero-order valence-electron chi connectivity index (χ0n) is 7.39. The van der Waals surface area contributed by atoms with Gasteiger partial charge in [0.15, 0.2) is 0 Å². The lowest BCUT2D eigenvalue weighted by Crippen LogP contribution is -2.16. The molecule has 1 aliphatic carbocycles. The van der Waals surface area contributed by atoms with Crippen LogP contribution >= 0.6 is 0 Å². The minimum atomic E-state index is -0.170. The molecule has 1 aromatic rings. The van der Waals surface area contributed by atoms with E-state index >= 15 is 0 Å². The van der Waals surface area contributed by atoms with Gasteiger partial charge in [-0.1, -0.05) is 0 Å². The minimum Gasteiger partial charge on any atom is -0.469 e. The lowest BCUT2D eigenvalue weighted by atomic mass is 9.93. The van der Waals surface area contributed by atoms with Gasteiger partial charge in [-0.3, -0.25) is 4.79 Å². The number of Topliss-reactive ketones (excluding diaryl/α,β-unsaturated/α-hetero) is 1. The molecule has 0 radical (unpaired) electrons. The Bertz CT molecular complexity index is 318. The van der Waals surface area contributed by atoms with Crippen molar-refractivity contribution < 1.29 is 9.21 Å². The maximum Gasteiger partial charge on any atom is 0.140 e. The first kappa shape index (κ1) is 7.59. The fourth-order valence-electron chi connectivity index (χ4n) is 1.82. The average molecular weight is 164 g/mol. The first-order chi connectivity index (χ1) is 5.67. The van der Waals surface area contributed by atoms with Crippen LogP contribution in [0.4, 0.5) is 0 Å². The average Bonchev–Trinajstić information content (AvgIpc) is 2.71. The van der Waals surface area contributed by atoms with E-state index in [1.807, 2.05) is 13.0 Å². The Morgan fingerprint density at radius 3 is 2.58 bits per heavy atom. The second kappa shape index (κ2) is 2.22. The molecule has 2 rings (SSSR count). The van der Waals surface area contributed by atoms with Crippen molar-refractivity contribution in [2.24, 2.45) is 0 Å². The third-order valence-electron chi connectivity index (χ3n) is 2.80. The van der Waals surface area contributed by atoms with Crippen LogP contribution in [0.25, 0.3) is 0 Å². The van der Waals surface area contributed by atoms with Crippen molar-refractivity contribution in [2.75, 3.05) is 0 Å². The quantitative estimate of drug-likeness (QED) is 0.670. The molecule has 0 aliphatic heterocycles. The number of hydrogen-bond donors (Lipinski definition) is 0. The molecule has 0 aromatic carbocycles. The van der Waals surface area contributed by atoms with E-state index in [1.54, 1.807) is 13.2 Å². The summed E-state index contributed by atoms with van der Waals surface area (Å²) < 4.78 is 5.19. The Morgan fingerprint density at radius 2 is 2.25 bits per heavy atom. The molecule has 0 amide bonds. The van der Waals surface area contributed by atoms with Crippen molar-refractivity contribution in [3.05, 3.63) is 23.7 Å². The number of aryl methyl sites for hydroxylation is 1. The summed E-state index contributed by atoms with van der Waals surface area (Å²) >= 11 is 0. The summed E-state index contributed by atoms with van der Waals surface area (Å²) in [5.41, 5.74) is 0.923. The standard InChI is InChI=1S/C10H12O2/c1-7-9(3-6-12-7)10(4-5-10)8(2)11/h3,6H,4-5H2,1-2H3. The molecule has 2 heteroatoms. The summed E-state index contributed by atoms with van der Waals surface area (Å²) in [6.07, 6.45) is 3.64. The molecule has 0 atom stereocenters. The third kappa shape index (κ3) is 0.840. The predicted molar refractivity (Wildman–Crippen MR) is 45.0 cm³/mol. The topological polar surface area (TPSA) is 30.2 Å². The van der Waals surface area contributed by atoms with Crippen LogP contribution in [0, 0.1) is 6.92 Å². The maximum absolute atomic E-state index is 11.3. The van der Waals surface area contributed by atoms with E-state index in [0.29, 0.717) is 0 Å². The molecule has 0 unspecified atom stereocenters. The molecule has 0 saturated heterocycles. The molecule has 2 nitrogen and oxygen atoms in total. The van der Waals surface area contributed by atoms with Crippen molar-refractivity contribution in [2.45, 2.75) is 32.1 Å². The zero-order chi connectivity index (χ0) is 8.77. The van der Waals surface area contributed by atoms with Crippen molar-refractivity contribution in [1.82, 2.24) is 0 Å². The molecule has 1 fully saturated rings. The van der Waals surface area contributed by atoms with Gasteiger partial charge in [0.25, 0.3) is 0 Å². The number of carbonyl (C=O) groups is 1. The Balaban J connectivity index is 2.43.